The largest absolute Gasteiger partial charge is 1.00 e. The average Bonchev–Trinajstić information content (AvgIpc) is 2.84. The second-order valence-electron chi connectivity index (χ2n) is 8.45. The maximum absolute atomic E-state index is 3.82. The molecule has 0 radical (unpaired) electrons. The summed E-state index contributed by atoms with van der Waals surface area (Å²) in [4.78, 5) is 0. The Hall–Kier alpha value is -1.69. The zero-order chi connectivity index (χ0) is 21.6. The molecule has 0 unspecified atom stereocenters. The summed E-state index contributed by atoms with van der Waals surface area (Å²) in [6.07, 6.45) is 15.3. The highest BCUT2D eigenvalue weighted by atomic mass is 79.9. The monoisotopic (exact) mass is 508 g/mol. The van der Waals surface area contributed by atoms with Crippen molar-refractivity contribution in [1.82, 2.24) is 0 Å². The summed E-state index contributed by atoms with van der Waals surface area (Å²) in [5.74, 6) is 0. The molecule has 0 aliphatic rings. The number of benzene rings is 3. The van der Waals surface area contributed by atoms with Crippen molar-refractivity contribution in [2.75, 3.05) is 6.16 Å². The molecule has 0 nitrogen and oxygen atoms in total. The van der Waals surface area contributed by atoms with E-state index in [0.717, 1.165) is 0 Å². The Kier molecular flexibility index (Phi) is 12.6. The van der Waals surface area contributed by atoms with Crippen LogP contribution in [0.2, 0.25) is 0 Å². The normalized spacial score (nSPS) is 11.0. The topological polar surface area (TPSA) is 0 Å². The lowest BCUT2D eigenvalue weighted by Gasteiger charge is -2.27. The number of hydrogen-bond donors (Lipinski definition) is 0. The van der Waals surface area contributed by atoms with Gasteiger partial charge in [0.05, 0.1) is 6.16 Å². The fourth-order valence-corrected chi connectivity index (χ4v) is 8.99. The van der Waals surface area contributed by atoms with Crippen molar-refractivity contribution >= 4 is 23.2 Å². The highest BCUT2D eigenvalue weighted by Crippen LogP contribution is 2.55. The van der Waals surface area contributed by atoms with E-state index in [4.69, 9.17) is 0 Å². The maximum Gasteiger partial charge on any atom is 0.112 e. The zero-order valence-corrected chi connectivity index (χ0v) is 21.8. The summed E-state index contributed by atoms with van der Waals surface area (Å²) in [6, 6.07) is 33.8. The van der Waals surface area contributed by atoms with E-state index in [2.05, 4.69) is 97.6 Å². The van der Waals surface area contributed by atoms with Gasteiger partial charge in [0.25, 0.3) is 0 Å². The van der Waals surface area contributed by atoms with Crippen LogP contribution in [0.15, 0.2) is 104 Å². The van der Waals surface area contributed by atoms with Crippen molar-refractivity contribution in [2.24, 2.45) is 0 Å². The lowest BCUT2D eigenvalue weighted by atomic mass is 10.1. The van der Waals surface area contributed by atoms with Gasteiger partial charge in [-0.25, -0.2) is 0 Å². The quantitative estimate of drug-likeness (QED) is 0.168. The molecule has 0 N–H and O–H groups in total. The van der Waals surface area contributed by atoms with Crippen molar-refractivity contribution < 1.29 is 17.0 Å². The molecule has 0 heterocycles. The van der Waals surface area contributed by atoms with Gasteiger partial charge >= 0.3 is 0 Å². The predicted octanol–water partition coefficient (Wildman–Crippen LogP) is 4.68. The highest BCUT2D eigenvalue weighted by molar-refractivity contribution is 7.95. The molecule has 0 aromatic heterocycles. The molecular formula is C30H38BrP. The third-order valence-corrected chi connectivity index (χ3v) is 10.8. The molecule has 0 amide bonds. The van der Waals surface area contributed by atoms with Gasteiger partial charge in [0.15, 0.2) is 0 Å². The zero-order valence-electron chi connectivity index (χ0n) is 19.3. The molecular weight excluding hydrogens is 471 g/mol. The van der Waals surface area contributed by atoms with Gasteiger partial charge < -0.3 is 17.0 Å². The Labute approximate surface area is 207 Å². The Morgan fingerprint density at radius 2 is 0.844 bits per heavy atom. The smallest absolute Gasteiger partial charge is 0.112 e. The van der Waals surface area contributed by atoms with Gasteiger partial charge in [-0.3, -0.25) is 0 Å². The van der Waals surface area contributed by atoms with Gasteiger partial charge in [-0.05, 0) is 62.1 Å². The van der Waals surface area contributed by atoms with Crippen LogP contribution in [0.25, 0.3) is 0 Å². The first-order valence-electron chi connectivity index (χ1n) is 12.0. The van der Waals surface area contributed by atoms with Gasteiger partial charge in [0, 0.05) is 0 Å². The molecule has 32 heavy (non-hydrogen) atoms. The van der Waals surface area contributed by atoms with Crippen molar-refractivity contribution in [3.05, 3.63) is 104 Å². The van der Waals surface area contributed by atoms with Gasteiger partial charge in [-0.1, -0.05) is 92.8 Å². The first kappa shape index (κ1) is 26.6. The fourth-order valence-electron chi connectivity index (χ4n) is 4.58. The van der Waals surface area contributed by atoms with Crippen molar-refractivity contribution in [3.63, 3.8) is 0 Å². The van der Waals surface area contributed by atoms with E-state index in [9.17, 15) is 0 Å². The third kappa shape index (κ3) is 7.43. The van der Waals surface area contributed by atoms with Crippen LogP contribution in [0, 0.1) is 0 Å². The highest BCUT2D eigenvalue weighted by Gasteiger charge is 2.44. The Morgan fingerprint density at radius 3 is 1.22 bits per heavy atom. The van der Waals surface area contributed by atoms with E-state index in [1.165, 1.54) is 79.9 Å². The van der Waals surface area contributed by atoms with Crippen LogP contribution in [-0.2, 0) is 0 Å². The molecule has 3 rings (SSSR count). The summed E-state index contributed by atoms with van der Waals surface area (Å²) >= 11 is 0. The minimum absolute atomic E-state index is 0. The fraction of sp³-hybridized carbons (Fsp3) is 0.333. The van der Waals surface area contributed by atoms with E-state index in [1.807, 2.05) is 6.08 Å². The van der Waals surface area contributed by atoms with Gasteiger partial charge in [0.1, 0.15) is 23.2 Å². The second-order valence-corrected chi connectivity index (χ2v) is 12.1. The first-order valence-corrected chi connectivity index (χ1v) is 14.0. The summed E-state index contributed by atoms with van der Waals surface area (Å²) in [5, 5.41) is 4.53. The minimum atomic E-state index is -1.64. The van der Waals surface area contributed by atoms with E-state index >= 15 is 0 Å². The van der Waals surface area contributed by atoms with Crippen molar-refractivity contribution in [1.29, 1.82) is 0 Å². The van der Waals surface area contributed by atoms with Crippen LogP contribution in [0.3, 0.4) is 0 Å². The second kappa shape index (κ2) is 15.2. The molecule has 0 aliphatic heterocycles. The molecule has 0 aliphatic carbocycles. The van der Waals surface area contributed by atoms with Gasteiger partial charge in [-0.15, -0.1) is 6.58 Å². The number of unbranched alkanes of at least 4 members (excludes halogenated alkanes) is 8. The number of halogens is 1. The lowest BCUT2D eigenvalue weighted by molar-refractivity contribution is -0.00000622. The van der Waals surface area contributed by atoms with Crippen LogP contribution in [0.1, 0.15) is 57.8 Å². The molecule has 0 fully saturated rings. The molecule has 0 bridgehead atoms. The standard InChI is InChI=1S/C30H38P.BrH/c1-2-3-4-5-6-7-8-9-10-20-27-31(28-21-14-11-15-22-28,29-23-16-12-17-24-29)30-25-18-13-19-26-30;/h2,11-19,21-26H,1,3-10,20,27H2;1H/q+1;/p-1. The van der Waals surface area contributed by atoms with E-state index in [-0.39, 0.29) is 17.0 Å². The Morgan fingerprint density at radius 1 is 0.500 bits per heavy atom. The van der Waals surface area contributed by atoms with E-state index < -0.39 is 7.26 Å². The summed E-state index contributed by atoms with van der Waals surface area (Å²) < 4.78 is 0. The molecule has 0 saturated carbocycles. The number of hydrogen-bond acceptors (Lipinski definition) is 0. The SMILES string of the molecule is C=CCCCCCCCCCC[P+](c1ccccc1)(c1ccccc1)c1ccccc1.[Br-]. The first-order chi connectivity index (χ1) is 15.4. The number of allylic oxidation sites excluding steroid dienone is 1. The molecule has 3 aromatic rings. The Balaban J connectivity index is 0.00000363. The predicted molar refractivity (Wildman–Crippen MR) is 142 cm³/mol. The Bertz CT molecular complexity index is 764. The van der Waals surface area contributed by atoms with Crippen LogP contribution in [0.4, 0.5) is 0 Å². The van der Waals surface area contributed by atoms with Crippen LogP contribution in [-0.4, -0.2) is 6.16 Å². The van der Waals surface area contributed by atoms with Crippen LogP contribution < -0.4 is 32.9 Å². The molecule has 2 heteroatoms. The molecule has 0 atom stereocenters. The molecule has 0 saturated heterocycles. The summed E-state index contributed by atoms with van der Waals surface area (Å²) in [6.45, 7) is 3.82. The van der Waals surface area contributed by atoms with E-state index in [1.54, 1.807) is 0 Å². The summed E-state index contributed by atoms with van der Waals surface area (Å²) in [7, 11) is -1.64. The van der Waals surface area contributed by atoms with Gasteiger partial charge in [-0.2, -0.15) is 0 Å². The third-order valence-electron chi connectivity index (χ3n) is 6.24. The van der Waals surface area contributed by atoms with Crippen molar-refractivity contribution in [2.45, 2.75) is 57.8 Å². The number of rotatable bonds is 14. The van der Waals surface area contributed by atoms with Gasteiger partial charge in [0.2, 0.25) is 0 Å². The van der Waals surface area contributed by atoms with Crippen LogP contribution in [0.5, 0.6) is 0 Å². The van der Waals surface area contributed by atoms with Crippen LogP contribution >= 0.6 is 7.26 Å². The molecule has 170 valence electrons. The summed E-state index contributed by atoms with van der Waals surface area (Å²) in [5.41, 5.74) is 0. The minimum Gasteiger partial charge on any atom is -1.00 e. The van der Waals surface area contributed by atoms with E-state index in [0.29, 0.717) is 0 Å². The van der Waals surface area contributed by atoms with Crippen molar-refractivity contribution in [3.8, 4) is 0 Å². The average molecular weight is 510 g/mol. The maximum atomic E-state index is 3.82. The lowest BCUT2D eigenvalue weighted by Crippen LogP contribution is -3.00. The molecule has 0 spiro atoms. The molecule has 3 aromatic carbocycles.